The van der Waals surface area contributed by atoms with Crippen molar-refractivity contribution in [3.63, 3.8) is 0 Å². The lowest BCUT2D eigenvalue weighted by Crippen LogP contribution is -2.53. The quantitative estimate of drug-likeness (QED) is 0.590. The topological polar surface area (TPSA) is 76.1 Å². The molecular formula is C21H30N4O3. The van der Waals surface area contributed by atoms with Crippen molar-refractivity contribution in [3.05, 3.63) is 35.9 Å². The van der Waals surface area contributed by atoms with Gasteiger partial charge in [-0.2, -0.15) is 0 Å². The summed E-state index contributed by atoms with van der Waals surface area (Å²) in [4.78, 5) is 30.4. The molecule has 0 saturated carbocycles. The number of phenolic OH excluding ortho intramolecular Hbond substituents is 1. The average molecular weight is 386 g/mol. The molecule has 7 nitrogen and oxygen atoms in total. The first-order valence-electron chi connectivity index (χ1n) is 9.86. The third-order valence-corrected chi connectivity index (χ3v) is 5.88. The van der Waals surface area contributed by atoms with E-state index in [2.05, 4.69) is 16.8 Å². The van der Waals surface area contributed by atoms with Crippen molar-refractivity contribution in [2.45, 2.75) is 26.3 Å². The summed E-state index contributed by atoms with van der Waals surface area (Å²) in [7, 11) is 0. The highest BCUT2D eigenvalue weighted by Crippen LogP contribution is 2.26. The van der Waals surface area contributed by atoms with Crippen LogP contribution in [0.25, 0.3) is 0 Å². The molecular weight excluding hydrogens is 356 g/mol. The summed E-state index contributed by atoms with van der Waals surface area (Å²) < 4.78 is 0. The molecule has 1 aromatic carbocycles. The number of anilines is 1. The van der Waals surface area contributed by atoms with Gasteiger partial charge in [0, 0.05) is 45.3 Å². The molecule has 2 aliphatic heterocycles. The number of nitrogens with one attached hydrogen (secondary N) is 1. The Morgan fingerprint density at radius 2 is 1.82 bits per heavy atom. The molecule has 0 bridgehead atoms. The first kappa shape index (κ1) is 20.2. The molecule has 2 N–H and O–H groups in total. The third kappa shape index (κ3) is 4.47. The molecule has 28 heavy (non-hydrogen) atoms. The van der Waals surface area contributed by atoms with Crippen molar-refractivity contribution in [2.24, 2.45) is 0 Å². The number of hydrogen-bond donors (Lipinski definition) is 2. The molecule has 2 fully saturated rings. The molecule has 1 aromatic rings. The third-order valence-electron chi connectivity index (χ3n) is 5.88. The van der Waals surface area contributed by atoms with Gasteiger partial charge >= 0.3 is 0 Å². The number of phenols is 1. The maximum Gasteiger partial charge on any atom is 0.246 e. The van der Waals surface area contributed by atoms with Gasteiger partial charge < -0.3 is 20.2 Å². The number of aromatic hydroxyl groups is 1. The van der Waals surface area contributed by atoms with Crippen LogP contribution in [-0.4, -0.2) is 83.5 Å². The van der Waals surface area contributed by atoms with Crippen LogP contribution in [0.1, 0.15) is 17.5 Å². The number of carbonyl (C=O) groups excluding carboxylic acids is 2. The zero-order valence-corrected chi connectivity index (χ0v) is 16.8. The Labute approximate surface area is 166 Å². The molecule has 7 heteroatoms. The second-order valence-corrected chi connectivity index (χ2v) is 7.65. The number of carbonyl (C=O) groups is 2. The number of rotatable bonds is 5. The van der Waals surface area contributed by atoms with Crippen LogP contribution in [0.5, 0.6) is 5.75 Å². The molecule has 152 valence electrons. The number of aryl methyl sites for hydroxylation is 2. The van der Waals surface area contributed by atoms with Crippen molar-refractivity contribution in [3.8, 4) is 5.75 Å². The number of amides is 2. The summed E-state index contributed by atoms with van der Waals surface area (Å²) in [6.45, 7) is 12.2. The zero-order chi connectivity index (χ0) is 20.3. The summed E-state index contributed by atoms with van der Waals surface area (Å²) in [6.07, 6.45) is 2.35. The average Bonchev–Trinajstić information content (AvgIpc) is 3.19. The van der Waals surface area contributed by atoms with Gasteiger partial charge in [-0.05, 0) is 49.6 Å². The van der Waals surface area contributed by atoms with Gasteiger partial charge in [-0.25, -0.2) is 0 Å². The second-order valence-electron chi connectivity index (χ2n) is 7.65. The Kier molecular flexibility index (Phi) is 6.24. The Hall–Kier alpha value is -2.54. The van der Waals surface area contributed by atoms with Gasteiger partial charge in [-0.1, -0.05) is 6.58 Å². The van der Waals surface area contributed by atoms with Crippen LogP contribution in [0.2, 0.25) is 0 Å². The molecule has 1 atom stereocenters. The van der Waals surface area contributed by atoms with Gasteiger partial charge in [0.15, 0.2) is 0 Å². The van der Waals surface area contributed by atoms with Crippen LogP contribution >= 0.6 is 0 Å². The molecule has 1 unspecified atom stereocenters. The molecule has 2 heterocycles. The number of nitrogens with zero attached hydrogens (tertiary/aromatic N) is 3. The van der Waals surface area contributed by atoms with Gasteiger partial charge in [0.05, 0.1) is 12.2 Å². The largest absolute Gasteiger partial charge is 0.506 e. The Morgan fingerprint density at radius 3 is 2.50 bits per heavy atom. The van der Waals surface area contributed by atoms with E-state index in [9.17, 15) is 14.7 Å². The van der Waals surface area contributed by atoms with Crippen LogP contribution in [0.4, 0.5) is 5.69 Å². The fraction of sp³-hybridized carbons (Fsp3) is 0.524. The van der Waals surface area contributed by atoms with Crippen LogP contribution in [0, 0.1) is 13.8 Å². The molecule has 2 aliphatic rings. The number of benzene rings is 1. The first-order valence-corrected chi connectivity index (χ1v) is 9.86. The van der Waals surface area contributed by atoms with Gasteiger partial charge in [-0.3, -0.25) is 14.5 Å². The maximum absolute atomic E-state index is 12.5. The van der Waals surface area contributed by atoms with Crippen LogP contribution in [0.15, 0.2) is 24.8 Å². The molecule has 0 aromatic heterocycles. The van der Waals surface area contributed by atoms with E-state index in [0.717, 1.165) is 43.7 Å². The van der Waals surface area contributed by atoms with E-state index < -0.39 is 0 Å². The van der Waals surface area contributed by atoms with E-state index in [1.54, 1.807) is 6.07 Å². The smallest absolute Gasteiger partial charge is 0.246 e. The standard InChI is InChI=1S/C21H30N4O3/c1-4-20(27)25-6-5-17(14-25)23-7-9-24(10-8-23)21(28)13-22-18-11-15(2)16(3)12-19(18)26/h4,11-12,17,22,26H,1,5-10,13-14H2,2-3H3. The van der Waals surface area contributed by atoms with E-state index in [1.807, 2.05) is 29.7 Å². The number of piperazine rings is 1. The summed E-state index contributed by atoms with van der Waals surface area (Å²) in [5.74, 6) is 0.199. The minimum Gasteiger partial charge on any atom is -0.506 e. The van der Waals surface area contributed by atoms with Crippen LogP contribution in [-0.2, 0) is 9.59 Å². The normalized spacial score (nSPS) is 20.3. The highest BCUT2D eigenvalue weighted by Gasteiger charge is 2.32. The highest BCUT2D eigenvalue weighted by molar-refractivity contribution is 5.87. The number of likely N-dealkylation sites (tertiary alicyclic amines) is 1. The SMILES string of the molecule is C=CC(=O)N1CCC(N2CCN(C(=O)CNc3cc(C)c(C)cc3O)CC2)C1. The minimum atomic E-state index is -0.00279. The van der Waals surface area contributed by atoms with E-state index in [4.69, 9.17) is 0 Å². The van der Waals surface area contributed by atoms with Gasteiger partial charge in [0.25, 0.3) is 0 Å². The van der Waals surface area contributed by atoms with E-state index in [0.29, 0.717) is 24.8 Å². The fourth-order valence-electron chi connectivity index (χ4n) is 3.93. The van der Waals surface area contributed by atoms with Gasteiger partial charge in [0.2, 0.25) is 11.8 Å². The summed E-state index contributed by atoms with van der Waals surface area (Å²) in [6, 6.07) is 3.95. The van der Waals surface area contributed by atoms with Crippen molar-refractivity contribution >= 4 is 17.5 Å². The lowest BCUT2D eigenvalue weighted by molar-refractivity contribution is -0.131. The predicted octanol–water partition coefficient (Wildman–Crippen LogP) is 1.35. The Balaban J connectivity index is 1.46. The van der Waals surface area contributed by atoms with E-state index >= 15 is 0 Å². The molecule has 2 saturated heterocycles. The molecule has 0 radical (unpaired) electrons. The van der Waals surface area contributed by atoms with Gasteiger partial charge in [-0.15, -0.1) is 0 Å². The maximum atomic E-state index is 12.5. The molecule has 0 spiro atoms. The molecule has 3 rings (SSSR count). The molecule has 2 amide bonds. The first-order chi connectivity index (χ1) is 13.4. The summed E-state index contributed by atoms with van der Waals surface area (Å²) in [5, 5.41) is 13.1. The van der Waals surface area contributed by atoms with Crippen molar-refractivity contribution < 1.29 is 14.7 Å². The lowest BCUT2D eigenvalue weighted by Gasteiger charge is -2.38. The van der Waals surface area contributed by atoms with Crippen LogP contribution < -0.4 is 5.32 Å². The predicted molar refractivity (Wildman–Crippen MR) is 109 cm³/mol. The second kappa shape index (κ2) is 8.65. The van der Waals surface area contributed by atoms with Crippen molar-refractivity contribution in [2.75, 3.05) is 51.1 Å². The monoisotopic (exact) mass is 386 g/mol. The van der Waals surface area contributed by atoms with E-state index in [1.165, 1.54) is 6.08 Å². The van der Waals surface area contributed by atoms with E-state index in [-0.39, 0.29) is 24.1 Å². The summed E-state index contributed by atoms with van der Waals surface area (Å²) in [5.41, 5.74) is 2.68. The van der Waals surface area contributed by atoms with Gasteiger partial charge in [0.1, 0.15) is 5.75 Å². The fourth-order valence-corrected chi connectivity index (χ4v) is 3.93. The Bertz CT molecular complexity index is 756. The molecule has 0 aliphatic carbocycles. The lowest BCUT2D eigenvalue weighted by atomic mass is 10.1. The van der Waals surface area contributed by atoms with Crippen molar-refractivity contribution in [1.82, 2.24) is 14.7 Å². The minimum absolute atomic E-state index is 0.00279. The zero-order valence-electron chi connectivity index (χ0n) is 16.8. The number of hydrogen-bond acceptors (Lipinski definition) is 5. The Morgan fingerprint density at radius 1 is 1.14 bits per heavy atom. The van der Waals surface area contributed by atoms with Crippen LogP contribution in [0.3, 0.4) is 0 Å². The highest BCUT2D eigenvalue weighted by atomic mass is 16.3. The van der Waals surface area contributed by atoms with Crippen molar-refractivity contribution in [1.29, 1.82) is 0 Å². The summed E-state index contributed by atoms with van der Waals surface area (Å²) >= 11 is 0.